The molecular weight excluding hydrogens is 192 g/mol. The van der Waals surface area contributed by atoms with Gasteiger partial charge in [0.1, 0.15) is 0 Å². The second-order valence-electron chi connectivity index (χ2n) is 4.38. The Bertz CT molecular complexity index is 183. The second-order valence-corrected chi connectivity index (χ2v) is 4.38. The molecule has 1 fully saturated rings. The van der Waals surface area contributed by atoms with E-state index in [9.17, 15) is 4.79 Å². The monoisotopic (exact) mass is 214 g/mol. The molecule has 0 saturated heterocycles. The van der Waals surface area contributed by atoms with Crippen molar-refractivity contribution >= 4 is 5.97 Å². The number of aliphatic carboxylic acids is 1. The van der Waals surface area contributed by atoms with Crippen molar-refractivity contribution in [2.45, 2.75) is 58.0 Å². The molecule has 1 saturated carbocycles. The van der Waals surface area contributed by atoms with Crippen molar-refractivity contribution in [1.29, 1.82) is 0 Å². The van der Waals surface area contributed by atoms with E-state index >= 15 is 0 Å². The van der Waals surface area contributed by atoms with E-state index < -0.39 is 12.1 Å². The standard InChI is InChI=1S/C12H22O3/c1-2-9-15-11(12(13)14)10-7-5-3-4-6-8-10/h10-11H,2-9H2,1H3,(H,13,14). The molecule has 0 heterocycles. The molecule has 0 aliphatic heterocycles. The first kappa shape index (κ1) is 12.5. The molecule has 0 spiro atoms. The van der Waals surface area contributed by atoms with Crippen LogP contribution in [0.5, 0.6) is 0 Å². The zero-order valence-electron chi connectivity index (χ0n) is 9.58. The van der Waals surface area contributed by atoms with E-state index in [1.807, 2.05) is 6.92 Å². The van der Waals surface area contributed by atoms with E-state index in [1.165, 1.54) is 12.8 Å². The Labute approximate surface area is 91.8 Å². The highest BCUT2D eigenvalue weighted by molar-refractivity contribution is 5.72. The van der Waals surface area contributed by atoms with Crippen molar-refractivity contribution in [1.82, 2.24) is 0 Å². The smallest absolute Gasteiger partial charge is 0.333 e. The van der Waals surface area contributed by atoms with Crippen molar-refractivity contribution < 1.29 is 14.6 Å². The number of carboxylic acids is 1. The SMILES string of the molecule is CCCOC(C(=O)O)C1CCCCCC1. The summed E-state index contributed by atoms with van der Waals surface area (Å²) in [5.41, 5.74) is 0. The Morgan fingerprint density at radius 2 is 1.93 bits per heavy atom. The van der Waals surface area contributed by atoms with Crippen LogP contribution >= 0.6 is 0 Å². The summed E-state index contributed by atoms with van der Waals surface area (Å²) in [6.07, 6.45) is 7.15. The van der Waals surface area contributed by atoms with Crippen LogP contribution in [0.25, 0.3) is 0 Å². The molecule has 88 valence electrons. The number of hydrogen-bond acceptors (Lipinski definition) is 2. The van der Waals surface area contributed by atoms with Gasteiger partial charge in [-0.2, -0.15) is 0 Å². The molecule has 0 aromatic rings. The topological polar surface area (TPSA) is 46.5 Å². The number of carboxylic acid groups (broad SMARTS) is 1. The molecule has 1 unspecified atom stereocenters. The number of hydrogen-bond donors (Lipinski definition) is 1. The van der Waals surface area contributed by atoms with Gasteiger partial charge in [-0.1, -0.05) is 32.6 Å². The van der Waals surface area contributed by atoms with Gasteiger partial charge >= 0.3 is 5.97 Å². The zero-order chi connectivity index (χ0) is 11.1. The molecule has 0 radical (unpaired) electrons. The summed E-state index contributed by atoms with van der Waals surface area (Å²) in [4.78, 5) is 11.1. The van der Waals surface area contributed by atoms with E-state index in [2.05, 4.69) is 0 Å². The first-order chi connectivity index (χ1) is 7.25. The molecule has 0 bridgehead atoms. The van der Waals surface area contributed by atoms with Gasteiger partial charge in [0.15, 0.2) is 6.10 Å². The van der Waals surface area contributed by atoms with Crippen LogP contribution in [0.3, 0.4) is 0 Å². The highest BCUT2D eigenvalue weighted by Gasteiger charge is 2.28. The number of carbonyl (C=O) groups is 1. The maximum atomic E-state index is 11.1. The summed E-state index contributed by atoms with van der Waals surface area (Å²) in [5, 5.41) is 9.12. The third-order valence-corrected chi connectivity index (χ3v) is 3.07. The van der Waals surface area contributed by atoms with E-state index in [-0.39, 0.29) is 5.92 Å². The summed E-state index contributed by atoms with van der Waals surface area (Å²) in [7, 11) is 0. The quantitative estimate of drug-likeness (QED) is 0.716. The Balaban J connectivity index is 2.48. The lowest BCUT2D eigenvalue weighted by atomic mass is 9.94. The van der Waals surface area contributed by atoms with E-state index in [4.69, 9.17) is 9.84 Å². The molecule has 1 aliphatic rings. The average Bonchev–Trinajstić information content (AvgIpc) is 2.47. The molecule has 0 amide bonds. The largest absolute Gasteiger partial charge is 0.479 e. The highest BCUT2D eigenvalue weighted by Crippen LogP contribution is 2.27. The van der Waals surface area contributed by atoms with Gasteiger partial charge in [-0.3, -0.25) is 0 Å². The molecule has 15 heavy (non-hydrogen) atoms. The Hall–Kier alpha value is -0.570. The van der Waals surface area contributed by atoms with Crippen LogP contribution in [0.15, 0.2) is 0 Å². The molecule has 1 atom stereocenters. The Kier molecular flexibility index (Phi) is 5.69. The molecule has 1 N–H and O–H groups in total. The van der Waals surface area contributed by atoms with Crippen LogP contribution in [0.4, 0.5) is 0 Å². The highest BCUT2D eigenvalue weighted by atomic mass is 16.5. The molecule has 1 rings (SSSR count). The summed E-state index contributed by atoms with van der Waals surface area (Å²) in [6, 6.07) is 0. The van der Waals surface area contributed by atoms with Gasteiger partial charge in [0.05, 0.1) is 0 Å². The maximum Gasteiger partial charge on any atom is 0.333 e. The predicted molar refractivity (Wildman–Crippen MR) is 58.9 cm³/mol. The van der Waals surface area contributed by atoms with E-state index in [0.717, 1.165) is 32.1 Å². The van der Waals surface area contributed by atoms with Crippen LogP contribution in [0.1, 0.15) is 51.9 Å². The molecular formula is C12H22O3. The minimum absolute atomic E-state index is 0.233. The molecule has 1 aliphatic carbocycles. The van der Waals surface area contributed by atoms with Crippen LogP contribution in [0.2, 0.25) is 0 Å². The summed E-state index contributed by atoms with van der Waals surface area (Å²) in [6.45, 7) is 2.57. The average molecular weight is 214 g/mol. The van der Waals surface area contributed by atoms with Crippen LogP contribution in [-0.4, -0.2) is 23.8 Å². The first-order valence-corrected chi connectivity index (χ1v) is 6.10. The lowest BCUT2D eigenvalue weighted by Gasteiger charge is -2.22. The van der Waals surface area contributed by atoms with Gasteiger partial charge in [0, 0.05) is 6.61 Å². The zero-order valence-corrected chi connectivity index (χ0v) is 9.58. The maximum absolute atomic E-state index is 11.1. The van der Waals surface area contributed by atoms with Gasteiger partial charge in [-0.25, -0.2) is 4.79 Å². The van der Waals surface area contributed by atoms with Gasteiger partial charge in [0.25, 0.3) is 0 Å². The van der Waals surface area contributed by atoms with Crippen molar-refractivity contribution in [3.8, 4) is 0 Å². The molecule has 3 heteroatoms. The molecule has 0 aromatic heterocycles. The summed E-state index contributed by atoms with van der Waals surface area (Å²) in [5.74, 6) is -0.549. The minimum atomic E-state index is -0.782. The van der Waals surface area contributed by atoms with Crippen LogP contribution in [0, 0.1) is 5.92 Å². The molecule has 3 nitrogen and oxygen atoms in total. The Morgan fingerprint density at radius 3 is 2.40 bits per heavy atom. The van der Waals surface area contributed by atoms with Crippen LogP contribution < -0.4 is 0 Å². The summed E-state index contributed by atoms with van der Waals surface area (Å²) >= 11 is 0. The fourth-order valence-corrected chi connectivity index (χ4v) is 2.27. The van der Waals surface area contributed by atoms with E-state index in [1.54, 1.807) is 0 Å². The summed E-state index contributed by atoms with van der Waals surface area (Å²) < 4.78 is 5.45. The third-order valence-electron chi connectivity index (χ3n) is 3.07. The van der Waals surface area contributed by atoms with Crippen molar-refractivity contribution in [3.63, 3.8) is 0 Å². The third kappa shape index (κ3) is 4.20. The van der Waals surface area contributed by atoms with Crippen LogP contribution in [-0.2, 0) is 9.53 Å². The Morgan fingerprint density at radius 1 is 1.33 bits per heavy atom. The number of ether oxygens (including phenoxy) is 1. The van der Waals surface area contributed by atoms with E-state index in [0.29, 0.717) is 6.61 Å². The minimum Gasteiger partial charge on any atom is -0.479 e. The lowest BCUT2D eigenvalue weighted by molar-refractivity contribution is -0.154. The predicted octanol–water partition coefficient (Wildman–Crippen LogP) is 2.84. The first-order valence-electron chi connectivity index (χ1n) is 6.10. The fraction of sp³-hybridized carbons (Fsp3) is 0.917. The second kappa shape index (κ2) is 6.83. The normalized spacial score (nSPS) is 20.9. The van der Waals surface area contributed by atoms with Gasteiger partial charge in [-0.05, 0) is 25.2 Å². The number of rotatable bonds is 5. The van der Waals surface area contributed by atoms with Gasteiger partial charge in [-0.15, -0.1) is 0 Å². The molecule has 0 aromatic carbocycles. The van der Waals surface area contributed by atoms with Crippen molar-refractivity contribution in [3.05, 3.63) is 0 Å². The fourth-order valence-electron chi connectivity index (χ4n) is 2.27. The van der Waals surface area contributed by atoms with Crippen molar-refractivity contribution in [2.24, 2.45) is 5.92 Å². The lowest BCUT2D eigenvalue weighted by Crippen LogP contribution is -2.32. The van der Waals surface area contributed by atoms with Crippen molar-refractivity contribution in [2.75, 3.05) is 6.61 Å². The van der Waals surface area contributed by atoms with Gasteiger partial charge in [0.2, 0.25) is 0 Å². The van der Waals surface area contributed by atoms with Gasteiger partial charge < -0.3 is 9.84 Å².